The summed E-state index contributed by atoms with van der Waals surface area (Å²) in [5, 5.41) is 9.47. The molecule has 0 spiro atoms. The van der Waals surface area contributed by atoms with Crippen molar-refractivity contribution in [1.82, 2.24) is 4.90 Å². The zero-order chi connectivity index (χ0) is 13.7. The molecule has 1 aliphatic heterocycles. The molecule has 4 heteroatoms. The molecule has 0 aromatic heterocycles. The van der Waals surface area contributed by atoms with Crippen molar-refractivity contribution in [3.63, 3.8) is 0 Å². The first-order chi connectivity index (χ1) is 9.22. The van der Waals surface area contributed by atoms with Crippen LogP contribution in [-0.4, -0.2) is 42.3 Å². The molecule has 1 heterocycles. The number of aryl methyl sites for hydroxylation is 1. The number of morpholine rings is 1. The van der Waals surface area contributed by atoms with Crippen LogP contribution < -0.4 is 0 Å². The summed E-state index contributed by atoms with van der Waals surface area (Å²) >= 11 is 0. The van der Waals surface area contributed by atoms with Crippen LogP contribution >= 0.6 is 0 Å². The number of carboxylic acid groups (broad SMARTS) is 1. The van der Waals surface area contributed by atoms with E-state index in [1.165, 1.54) is 5.56 Å². The van der Waals surface area contributed by atoms with Crippen molar-refractivity contribution in [2.45, 2.75) is 25.8 Å². The number of nitrogens with zero attached hydrogens (tertiary/aromatic N) is 1. The Morgan fingerprint density at radius 2 is 1.95 bits per heavy atom. The third-order valence-electron chi connectivity index (χ3n) is 3.48. The summed E-state index contributed by atoms with van der Waals surface area (Å²) in [7, 11) is 0. The minimum absolute atomic E-state index is 0.556. The van der Waals surface area contributed by atoms with Gasteiger partial charge in [-0.2, -0.15) is 0 Å². The minimum Gasteiger partial charge on any atom is -0.480 e. The second-order valence-electron chi connectivity index (χ2n) is 4.88. The van der Waals surface area contributed by atoms with Crippen LogP contribution in [0.15, 0.2) is 24.3 Å². The van der Waals surface area contributed by atoms with Crippen LogP contribution in [0.4, 0.5) is 0 Å². The summed E-state index contributed by atoms with van der Waals surface area (Å²) in [5.41, 5.74) is 2.12. The summed E-state index contributed by atoms with van der Waals surface area (Å²) in [4.78, 5) is 13.5. The number of ether oxygens (including phenoxy) is 1. The average Bonchev–Trinajstić information content (AvgIpc) is 2.42. The standard InChI is InChI=1S/C15H21NO3/c1-2-3-12-4-6-13(7-5-12)14(15(17)18)16-8-10-19-11-9-16/h4-7,14H,2-3,8-11H2,1H3,(H,17,18). The van der Waals surface area contributed by atoms with Crippen molar-refractivity contribution >= 4 is 5.97 Å². The van der Waals surface area contributed by atoms with Gasteiger partial charge in [0.2, 0.25) is 0 Å². The SMILES string of the molecule is CCCc1ccc(C(C(=O)O)N2CCOCC2)cc1. The van der Waals surface area contributed by atoms with E-state index in [0.29, 0.717) is 26.3 Å². The number of carbonyl (C=O) groups is 1. The van der Waals surface area contributed by atoms with Crippen LogP contribution in [0, 0.1) is 0 Å². The van der Waals surface area contributed by atoms with Crippen molar-refractivity contribution < 1.29 is 14.6 Å². The molecule has 1 saturated heterocycles. The molecule has 1 aromatic carbocycles. The lowest BCUT2D eigenvalue weighted by Gasteiger charge is -2.32. The van der Waals surface area contributed by atoms with Gasteiger partial charge in [0.15, 0.2) is 0 Å². The smallest absolute Gasteiger partial charge is 0.325 e. The maximum atomic E-state index is 11.5. The van der Waals surface area contributed by atoms with E-state index in [9.17, 15) is 9.90 Å². The maximum Gasteiger partial charge on any atom is 0.325 e. The zero-order valence-corrected chi connectivity index (χ0v) is 11.3. The summed E-state index contributed by atoms with van der Waals surface area (Å²) < 4.78 is 5.28. The van der Waals surface area contributed by atoms with Gasteiger partial charge < -0.3 is 9.84 Å². The number of benzene rings is 1. The molecule has 1 aliphatic rings. The Labute approximate surface area is 114 Å². The molecule has 1 atom stereocenters. The topological polar surface area (TPSA) is 49.8 Å². The van der Waals surface area contributed by atoms with Crippen LogP contribution in [-0.2, 0) is 16.0 Å². The van der Waals surface area contributed by atoms with Crippen LogP contribution in [0.1, 0.15) is 30.5 Å². The van der Waals surface area contributed by atoms with Crippen molar-refractivity contribution in [1.29, 1.82) is 0 Å². The van der Waals surface area contributed by atoms with E-state index in [1.54, 1.807) is 0 Å². The summed E-state index contributed by atoms with van der Waals surface area (Å²) in [5.74, 6) is -0.787. The average molecular weight is 263 g/mol. The second kappa shape index (κ2) is 6.68. The van der Waals surface area contributed by atoms with Crippen molar-refractivity contribution in [2.24, 2.45) is 0 Å². The van der Waals surface area contributed by atoms with E-state index < -0.39 is 12.0 Å². The van der Waals surface area contributed by atoms with Gasteiger partial charge in [-0.3, -0.25) is 9.69 Å². The monoisotopic (exact) mass is 263 g/mol. The first-order valence-electron chi connectivity index (χ1n) is 6.86. The van der Waals surface area contributed by atoms with E-state index in [2.05, 4.69) is 6.92 Å². The molecular formula is C15H21NO3. The van der Waals surface area contributed by atoms with Crippen LogP contribution in [0.3, 0.4) is 0 Å². The molecule has 0 aliphatic carbocycles. The molecule has 0 bridgehead atoms. The molecule has 1 fully saturated rings. The normalized spacial score (nSPS) is 18.2. The molecule has 0 amide bonds. The third kappa shape index (κ3) is 3.55. The van der Waals surface area contributed by atoms with Gasteiger partial charge in [-0.1, -0.05) is 37.6 Å². The highest BCUT2D eigenvalue weighted by molar-refractivity contribution is 5.75. The van der Waals surface area contributed by atoms with Crippen LogP contribution in [0.2, 0.25) is 0 Å². The van der Waals surface area contributed by atoms with Crippen LogP contribution in [0.25, 0.3) is 0 Å². The fraction of sp³-hybridized carbons (Fsp3) is 0.533. The van der Waals surface area contributed by atoms with E-state index in [4.69, 9.17) is 4.74 Å². The quantitative estimate of drug-likeness (QED) is 0.884. The molecule has 1 unspecified atom stereocenters. The predicted molar refractivity (Wildman–Crippen MR) is 73.2 cm³/mol. The van der Waals surface area contributed by atoms with E-state index in [-0.39, 0.29) is 0 Å². The van der Waals surface area contributed by atoms with Crippen molar-refractivity contribution in [3.05, 3.63) is 35.4 Å². The highest BCUT2D eigenvalue weighted by Crippen LogP contribution is 2.23. The highest BCUT2D eigenvalue weighted by atomic mass is 16.5. The van der Waals surface area contributed by atoms with Gasteiger partial charge in [0.05, 0.1) is 13.2 Å². The van der Waals surface area contributed by atoms with Gasteiger partial charge in [0, 0.05) is 13.1 Å². The Hall–Kier alpha value is -1.39. The fourth-order valence-corrected chi connectivity index (χ4v) is 2.50. The number of carboxylic acids is 1. The van der Waals surface area contributed by atoms with Gasteiger partial charge in [-0.15, -0.1) is 0 Å². The van der Waals surface area contributed by atoms with Gasteiger partial charge in [0.25, 0.3) is 0 Å². The Balaban J connectivity index is 2.15. The molecule has 0 radical (unpaired) electrons. The minimum atomic E-state index is -0.787. The summed E-state index contributed by atoms with van der Waals surface area (Å²) in [6.07, 6.45) is 2.14. The van der Waals surface area contributed by atoms with Crippen molar-refractivity contribution in [3.8, 4) is 0 Å². The van der Waals surface area contributed by atoms with Crippen LogP contribution in [0.5, 0.6) is 0 Å². The number of hydrogen-bond donors (Lipinski definition) is 1. The number of rotatable bonds is 5. The van der Waals surface area contributed by atoms with Crippen molar-refractivity contribution in [2.75, 3.05) is 26.3 Å². The Kier molecular flexibility index (Phi) is 4.93. The third-order valence-corrected chi connectivity index (χ3v) is 3.48. The molecule has 2 rings (SSSR count). The first-order valence-corrected chi connectivity index (χ1v) is 6.86. The lowest BCUT2D eigenvalue weighted by molar-refractivity contribution is -0.145. The lowest BCUT2D eigenvalue weighted by atomic mass is 10.0. The van der Waals surface area contributed by atoms with Gasteiger partial charge >= 0.3 is 5.97 Å². The second-order valence-corrected chi connectivity index (χ2v) is 4.88. The first kappa shape index (κ1) is 14.0. The molecule has 0 saturated carbocycles. The maximum absolute atomic E-state index is 11.5. The number of hydrogen-bond acceptors (Lipinski definition) is 3. The Morgan fingerprint density at radius 1 is 1.32 bits per heavy atom. The van der Waals surface area contributed by atoms with Gasteiger partial charge in [-0.25, -0.2) is 0 Å². The largest absolute Gasteiger partial charge is 0.480 e. The lowest BCUT2D eigenvalue weighted by Crippen LogP contribution is -2.42. The van der Waals surface area contributed by atoms with Gasteiger partial charge in [0.1, 0.15) is 6.04 Å². The molecule has 104 valence electrons. The molecular weight excluding hydrogens is 242 g/mol. The van der Waals surface area contributed by atoms with E-state index in [0.717, 1.165) is 18.4 Å². The molecule has 19 heavy (non-hydrogen) atoms. The molecule has 4 nitrogen and oxygen atoms in total. The molecule has 1 aromatic rings. The Bertz CT molecular complexity index is 410. The van der Waals surface area contributed by atoms with Gasteiger partial charge in [-0.05, 0) is 17.5 Å². The highest BCUT2D eigenvalue weighted by Gasteiger charge is 2.28. The van der Waals surface area contributed by atoms with E-state index >= 15 is 0 Å². The molecule has 1 N–H and O–H groups in total. The summed E-state index contributed by atoms with van der Waals surface area (Å²) in [6.45, 7) is 4.71. The summed E-state index contributed by atoms with van der Waals surface area (Å²) in [6, 6.07) is 7.41. The number of aliphatic carboxylic acids is 1. The fourth-order valence-electron chi connectivity index (χ4n) is 2.50. The van der Waals surface area contributed by atoms with E-state index in [1.807, 2.05) is 29.2 Å². The predicted octanol–water partition coefficient (Wildman–Crippen LogP) is 2.10. The Morgan fingerprint density at radius 3 is 2.47 bits per heavy atom. The zero-order valence-electron chi connectivity index (χ0n) is 11.3.